The molecular weight excluding hydrogens is 309 g/mol. The maximum atomic E-state index is 13.2. The first-order valence-corrected chi connectivity index (χ1v) is 8.11. The molecule has 0 radical (unpaired) electrons. The van der Waals surface area contributed by atoms with Gasteiger partial charge in [0, 0.05) is 24.1 Å². The average molecular weight is 329 g/mol. The van der Waals surface area contributed by atoms with Crippen molar-refractivity contribution in [3.8, 4) is 11.5 Å². The Bertz CT molecular complexity index is 743. The first-order valence-electron chi connectivity index (χ1n) is 8.11. The van der Waals surface area contributed by atoms with Crippen LogP contribution in [0, 0.1) is 5.82 Å². The highest BCUT2D eigenvalue weighted by Gasteiger charge is 2.28. The molecule has 0 aromatic heterocycles. The summed E-state index contributed by atoms with van der Waals surface area (Å²) in [7, 11) is 0. The summed E-state index contributed by atoms with van der Waals surface area (Å²) in [6.07, 6.45) is 0.318. The Morgan fingerprint density at radius 3 is 2.33 bits per heavy atom. The summed E-state index contributed by atoms with van der Waals surface area (Å²) < 4.78 is 24.5. The Labute approximate surface area is 140 Å². The monoisotopic (exact) mass is 329 g/mol. The molecule has 1 heterocycles. The third-order valence-corrected chi connectivity index (χ3v) is 4.03. The van der Waals surface area contributed by atoms with Gasteiger partial charge in [-0.25, -0.2) is 4.39 Å². The summed E-state index contributed by atoms with van der Waals surface area (Å²) in [6.45, 7) is 4.84. The second kappa shape index (κ2) is 6.91. The number of halogens is 1. The number of carbonyl (C=O) groups excluding carboxylic acids is 1. The molecule has 0 saturated carbocycles. The van der Waals surface area contributed by atoms with Gasteiger partial charge in [0.05, 0.1) is 13.2 Å². The Morgan fingerprint density at radius 1 is 1.08 bits per heavy atom. The molecule has 0 aliphatic carbocycles. The zero-order valence-electron chi connectivity index (χ0n) is 13.8. The summed E-state index contributed by atoms with van der Waals surface area (Å²) in [6, 6.07) is 9.99. The molecule has 0 unspecified atom stereocenters. The number of anilines is 1. The van der Waals surface area contributed by atoms with E-state index in [2.05, 4.69) is 5.32 Å². The van der Waals surface area contributed by atoms with E-state index in [0.29, 0.717) is 36.8 Å². The summed E-state index contributed by atoms with van der Waals surface area (Å²) in [5.41, 5.74) is 2.57. The topological polar surface area (TPSA) is 47.6 Å². The molecule has 0 fully saturated rings. The molecule has 2 aromatic carbocycles. The molecule has 5 heteroatoms. The number of nitrogens with one attached hydrogen (secondary N) is 1. The van der Waals surface area contributed by atoms with E-state index in [1.54, 1.807) is 18.2 Å². The van der Waals surface area contributed by atoms with Gasteiger partial charge in [0.15, 0.2) is 11.5 Å². The van der Waals surface area contributed by atoms with Crippen molar-refractivity contribution in [2.24, 2.45) is 0 Å². The first kappa shape index (κ1) is 16.3. The van der Waals surface area contributed by atoms with Crippen LogP contribution in [0.4, 0.5) is 10.1 Å². The van der Waals surface area contributed by atoms with Crippen molar-refractivity contribution in [2.45, 2.75) is 26.2 Å². The third kappa shape index (κ3) is 3.20. The quantitative estimate of drug-likeness (QED) is 0.898. The molecule has 1 aliphatic rings. The Hall–Kier alpha value is -2.56. The van der Waals surface area contributed by atoms with E-state index in [1.807, 2.05) is 19.9 Å². The van der Waals surface area contributed by atoms with Crippen LogP contribution in [0.25, 0.3) is 0 Å². The van der Waals surface area contributed by atoms with Crippen LogP contribution in [0.5, 0.6) is 11.5 Å². The highest BCUT2D eigenvalue weighted by atomic mass is 19.1. The molecule has 0 saturated heterocycles. The maximum Gasteiger partial charge on any atom is 0.225 e. The normalized spacial score (nSPS) is 16.3. The number of ether oxygens (including phenoxy) is 2. The van der Waals surface area contributed by atoms with Gasteiger partial charge in [-0.05, 0) is 43.2 Å². The molecule has 0 bridgehead atoms. The lowest BCUT2D eigenvalue weighted by Crippen LogP contribution is -2.23. The summed E-state index contributed by atoms with van der Waals surface area (Å²) in [5, 5.41) is 2.89. The van der Waals surface area contributed by atoms with Gasteiger partial charge in [-0.1, -0.05) is 12.1 Å². The largest absolute Gasteiger partial charge is 0.490 e. The van der Waals surface area contributed by atoms with Crippen molar-refractivity contribution >= 4 is 11.6 Å². The fraction of sp³-hybridized carbons (Fsp3) is 0.316. The van der Waals surface area contributed by atoms with E-state index in [1.165, 1.54) is 12.1 Å². The minimum absolute atomic E-state index is 0.0663. The number of carbonyl (C=O) groups is 1. The number of fused-ring (bicyclic) bond motifs is 1. The predicted octanol–water partition coefficient (Wildman–Crippen LogP) is 4.10. The van der Waals surface area contributed by atoms with Crippen molar-refractivity contribution in [3.05, 3.63) is 53.3 Å². The first-order chi connectivity index (χ1) is 11.6. The van der Waals surface area contributed by atoms with Gasteiger partial charge in [-0.15, -0.1) is 0 Å². The number of benzene rings is 2. The summed E-state index contributed by atoms with van der Waals surface area (Å²) in [4.78, 5) is 12.1. The maximum absolute atomic E-state index is 13.2. The number of rotatable bonds is 5. The number of hydrogen-bond acceptors (Lipinski definition) is 3. The zero-order chi connectivity index (χ0) is 17.1. The van der Waals surface area contributed by atoms with Gasteiger partial charge in [0.25, 0.3) is 0 Å². The molecule has 1 aliphatic heterocycles. The van der Waals surface area contributed by atoms with Crippen LogP contribution in [0.15, 0.2) is 36.4 Å². The molecule has 3 rings (SSSR count). The van der Waals surface area contributed by atoms with Crippen molar-refractivity contribution in [1.29, 1.82) is 0 Å². The molecule has 2 aromatic rings. The lowest BCUT2D eigenvalue weighted by atomic mass is 9.84. The minimum Gasteiger partial charge on any atom is -0.490 e. The molecule has 4 nitrogen and oxygen atoms in total. The van der Waals surface area contributed by atoms with E-state index in [9.17, 15) is 9.18 Å². The van der Waals surface area contributed by atoms with Crippen molar-refractivity contribution in [2.75, 3.05) is 18.5 Å². The Morgan fingerprint density at radius 2 is 1.71 bits per heavy atom. The lowest BCUT2D eigenvalue weighted by Gasteiger charge is -2.27. The molecule has 1 N–H and O–H groups in total. The van der Waals surface area contributed by atoms with E-state index in [0.717, 1.165) is 11.1 Å². The Kier molecular flexibility index (Phi) is 4.69. The SMILES string of the molecule is CCOc1cc2c(cc1OCC)[C@@H](c1ccc(F)cc1)CC(=O)N2. The van der Waals surface area contributed by atoms with Gasteiger partial charge >= 0.3 is 0 Å². The molecule has 126 valence electrons. The van der Waals surface area contributed by atoms with Crippen molar-refractivity contribution in [1.82, 2.24) is 0 Å². The van der Waals surface area contributed by atoms with Crippen LogP contribution < -0.4 is 14.8 Å². The standard InChI is InChI=1S/C19H20FNO3/c1-3-23-17-9-15-14(12-5-7-13(20)8-6-12)10-19(22)21-16(15)11-18(17)24-4-2/h5-9,11,14H,3-4,10H2,1-2H3,(H,21,22)/t14-/m1/s1. The Balaban J connectivity index is 2.08. The third-order valence-electron chi connectivity index (χ3n) is 4.03. The van der Waals surface area contributed by atoms with Gasteiger partial charge in [-0.2, -0.15) is 0 Å². The van der Waals surface area contributed by atoms with E-state index >= 15 is 0 Å². The van der Waals surface area contributed by atoms with Crippen LogP contribution in [-0.4, -0.2) is 19.1 Å². The van der Waals surface area contributed by atoms with Gasteiger partial charge in [0.2, 0.25) is 5.91 Å². The lowest BCUT2D eigenvalue weighted by molar-refractivity contribution is -0.116. The van der Waals surface area contributed by atoms with Crippen LogP contribution in [0.3, 0.4) is 0 Å². The van der Waals surface area contributed by atoms with Crippen LogP contribution >= 0.6 is 0 Å². The highest BCUT2D eigenvalue weighted by molar-refractivity contribution is 5.96. The fourth-order valence-electron chi connectivity index (χ4n) is 3.00. The molecular formula is C19H20FNO3. The number of hydrogen-bond donors (Lipinski definition) is 1. The second-order valence-corrected chi connectivity index (χ2v) is 5.61. The predicted molar refractivity (Wildman–Crippen MR) is 90.3 cm³/mol. The molecule has 24 heavy (non-hydrogen) atoms. The van der Waals surface area contributed by atoms with Gasteiger partial charge in [-0.3, -0.25) is 4.79 Å². The number of amides is 1. The molecule has 0 spiro atoms. The average Bonchev–Trinajstić information content (AvgIpc) is 2.56. The van der Waals surface area contributed by atoms with Crippen LogP contribution in [0.2, 0.25) is 0 Å². The van der Waals surface area contributed by atoms with Crippen LogP contribution in [-0.2, 0) is 4.79 Å². The fourth-order valence-corrected chi connectivity index (χ4v) is 3.00. The highest BCUT2D eigenvalue weighted by Crippen LogP contribution is 2.43. The van der Waals surface area contributed by atoms with Crippen LogP contribution in [0.1, 0.15) is 37.3 Å². The summed E-state index contributed by atoms with van der Waals surface area (Å²) >= 11 is 0. The summed E-state index contributed by atoms with van der Waals surface area (Å²) in [5.74, 6) is 0.771. The van der Waals surface area contributed by atoms with Gasteiger partial charge < -0.3 is 14.8 Å². The van der Waals surface area contributed by atoms with E-state index < -0.39 is 0 Å². The van der Waals surface area contributed by atoms with Crippen molar-refractivity contribution < 1.29 is 18.7 Å². The van der Waals surface area contributed by atoms with Gasteiger partial charge in [0.1, 0.15) is 5.82 Å². The molecule has 1 atom stereocenters. The molecule has 1 amide bonds. The zero-order valence-corrected chi connectivity index (χ0v) is 13.8. The van der Waals surface area contributed by atoms with E-state index in [-0.39, 0.29) is 17.6 Å². The van der Waals surface area contributed by atoms with E-state index in [4.69, 9.17) is 9.47 Å². The minimum atomic E-state index is -0.291. The second-order valence-electron chi connectivity index (χ2n) is 5.61. The van der Waals surface area contributed by atoms with Crippen molar-refractivity contribution in [3.63, 3.8) is 0 Å². The smallest absolute Gasteiger partial charge is 0.225 e.